The highest BCUT2D eigenvalue weighted by atomic mass is 16.2. The Labute approximate surface area is 166 Å². The molecule has 2 heterocycles. The van der Waals surface area contributed by atoms with Crippen LogP contribution in [-0.4, -0.2) is 40.6 Å². The Morgan fingerprint density at radius 1 is 1.25 bits per heavy atom. The number of rotatable bonds is 5. The highest BCUT2D eigenvalue weighted by Gasteiger charge is 2.42. The average molecular weight is 380 g/mol. The molecule has 0 saturated heterocycles. The lowest BCUT2D eigenvalue weighted by atomic mass is 9.97. The third kappa shape index (κ3) is 3.43. The van der Waals surface area contributed by atoms with Crippen molar-refractivity contribution < 1.29 is 9.59 Å². The van der Waals surface area contributed by atoms with E-state index >= 15 is 0 Å². The average Bonchev–Trinajstić information content (AvgIpc) is 3.22. The van der Waals surface area contributed by atoms with Gasteiger partial charge in [-0.15, -0.1) is 0 Å². The SMILES string of the molecule is CCC1C(=O)NC2=C(N[C@@](C)(CC(=O)c3ccccc3)N=C2)N1C1CCCC1. The maximum atomic E-state index is 12.8. The molecule has 2 atom stereocenters. The van der Waals surface area contributed by atoms with Gasteiger partial charge in [-0.1, -0.05) is 50.1 Å². The van der Waals surface area contributed by atoms with Crippen LogP contribution in [0.5, 0.6) is 0 Å². The van der Waals surface area contributed by atoms with Crippen molar-refractivity contribution in [1.29, 1.82) is 0 Å². The van der Waals surface area contributed by atoms with E-state index in [1.165, 1.54) is 12.8 Å². The van der Waals surface area contributed by atoms with E-state index in [1.807, 2.05) is 44.2 Å². The zero-order valence-corrected chi connectivity index (χ0v) is 16.6. The fourth-order valence-electron chi connectivity index (χ4n) is 4.55. The number of allylic oxidation sites excluding steroid dienone is 1. The third-order valence-electron chi connectivity index (χ3n) is 5.98. The summed E-state index contributed by atoms with van der Waals surface area (Å²) in [6, 6.07) is 9.49. The fraction of sp³-hybridized carbons (Fsp3) is 0.500. The Morgan fingerprint density at radius 2 is 1.96 bits per heavy atom. The van der Waals surface area contributed by atoms with E-state index in [2.05, 4.69) is 20.5 Å². The lowest BCUT2D eigenvalue weighted by Gasteiger charge is -2.46. The van der Waals surface area contributed by atoms with Crippen molar-refractivity contribution in [3.8, 4) is 0 Å². The van der Waals surface area contributed by atoms with E-state index in [9.17, 15) is 9.59 Å². The monoisotopic (exact) mass is 380 g/mol. The van der Waals surface area contributed by atoms with E-state index in [4.69, 9.17) is 0 Å². The number of carbonyl (C=O) groups excluding carboxylic acids is 2. The van der Waals surface area contributed by atoms with Crippen molar-refractivity contribution >= 4 is 17.9 Å². The quantitative estimate of drug-likeness (QED) is 0.770. The molecule has 28 heavy (non-hydrogen) atoms. The van der Waals surface area contributed by atoms with Gasteiger partial charge in [-0.3, -0.25) is 14.6 Å². The molecule has 6 nitrogen and oxygen atoms in total. The lowest BCUT2D eigenvalue weighted by molar-refractivity contribution is -0.127. The number of hydrogen-bond donors (Lipinski definition) is 2. The molecule has 1 aromatic rings. The van der Waals surface area contributed by atoms with Crippen molar-refractivity contribution in [2.24, 2.45) is 4.99 Å². The molecule has 0 spiro atoms. The molecule has 4 rings (SSSR count). The Balaban J connectivity index is 1.60. The number of carbonyl (C=O) groups is 2. The van der Waals surface area contributed by atoms with Gasteiger partial charge < -0.3 is 15.5 Å². The molecule has 148 valence electrons. The second-order valence-corrected chi connectivity index (χ2v) is 8.14. The molecule has 1 aromatic carbocycles. The first-order valence-electron chi connectivity index (χ1n) is 10.3. The van der Waals surface area contributed by atoms with E-state index in [0.29, 0.717) is 17.3 Å². The van der Waals surface area contributed by atoms with Crippen LogP contribution in [0.25, 0.3) is 0 Å². The summed E-state index contributed by atoms with van der Waals surface area (Å²) in [7, 11) is 0. The summed E-state index contributed by atoms with van der Waals surface area (Å²) in [5, 5.41) is 6.51. The summed E-state index contributed by atoms with van der Waals surface area (Å²) in [6.45, 7) is 3.99. The number of Topliss-reactive ketones (excluding diaryl/α,β-unsaturated/α-hetero) is 1. The van der Waals surface area contributed by atoms with Crippen molar-refractivity contribution in [2.75, 3.05) is 0 Å². The maximum Gasteiger partial charge on any atom is 0.247 e. The number of hydrogen-bond acceptors (Lipinski definition) is 5. The molecular weight excluding hydrogens is 352 g/mol. The summed E-state index contributed by atoms with van der Waals surface area (Å²) in [5.74, 6) is 0.998. The third-order valence-corrected chi connectivity index (χ3v) is 5.98. The molecule has 3 aliphatic rings. The fourth-order valence-corrected chi connectivity index (χ4v) is 4.55. The first-order valence-corrected chi connectivity index (χ1v) is 10.3. The number of benzene rings is 1. The predicted octanol–water partition coefficient (Wildman–Crippen LogP) is 2.97. The van der Waals surface area contributed by atoms with E-state index in [0.717, 1.165) is 25.1 Å². The van der Waals surface area contributed by atoms with Crippen LogP contribution in [0.3, 0.4) is 0 Å². The minimum absolute atomic E-state index is 0.0327. The Morgan fingerprint density at radius 3 is 2.64 bits per heavy atom. The summed E-state index contributed by atoms with van der Waals surface area (Å²) in [5.41, 5.74) is 0.672. The molecule has 0 radical (unpaired) electrons. The topological polar surface area (TPSA) is 73.8 Å². The van der Waals surface area contributed by atoms with Crippen LogP contribution in [-0.2, 0) is 4.79 Å². The molecule has 1 aliphatic carbocycles. The summed E-state index contributed by atoms with van der Waals surface area (Å²) in [6.07, 6.45) is 7.30. The molecule has 1 saturated carbocycles. The van der Waals surface area contributed by atoms with Crippen LogP contribution in [0.1, 0.15) is 62.7 Å². The number of nitrogens with zero attached hydrogens (tertiary/aromatic N) is 2. The van der Waals surface area contributed by atoms with Crippen LogP contribution in [0.4, 0.5) is 0 Å². The van der Waals surface area contributed by atoms with Gasteiger partial charge in [0, 0.05) is 11.6 Å². The minimum atomic E-state index is -0.733. The molecule has 2 aliphatic heterocycles. The second-order valence-electron chi connectivity index (χ2n) is 8.14. The second kappa shape index (κ2) is 7.41. The largest absolute Gasteiger partial charge is 0.346 e. The zero-order chi connectivity index (χ0) is 19.7. The number of nitrogens with one attached hydrogen (secondary N) is 2. The van der Waals surface area contributed by atoms with Crippen molar-refractivity contribution in [1.82, 2.24) is 15.5 Å². The van der Waals surface area contributed by atoms with Gasteiger partial charge in [-0.25, -0.2) is 0 Å². The summed E-state index contributed by atoms with van der Waals surface area (Å²) >= 11 is 0. The Kier molecular flexibility index (Phi) is 4.96. The molecule has 2 N–H and O–H groups in total. The molecule has 6 heteroatoms. The van der Waals surface area contributed by atoms with Crippen molar-refractivity contribution in [2.45, 2.75) is 70.1 Å². The molecule has 0 bridgehead atoms. The smallest absolute Gasteiger partial charge is 0.247 e. The lowest BCUT2D eigenvalue weighted by Crippen LogP contribution is -2.61. The molecular formula is C22H28N4O2. The van der Waals surface area contributed by atoms with Crippen LogP contribution < -0.4 is 10.6 Å². The van der Waals surface area contributed by atoms with E-state index in [1.54, 1.807) is 6.21 Å². The first-order chi connectivity index (χ1) is 13.5. The number of ketones is 1. The highest BCUT2D eigenvalue weighted by molar-refractivity contribution is 5.98. The van der Waals surface area contributed by atoms with Crippen LogP contribution in [0.2, 0.25) is 0 Å². The zero-order valence-electron chi connectivity index (χ0n) is 16.6. The van der Waals surface area contributed by atoms with Gasteiger partial charge in [0.15, 0.2) is 5.78 Å². The van der Waals surface area contributed by atoms with Crippen LogP contribution in [0, 0.1) is 0 Å². The van der Waals surface area contributed by atoms with Gasteiger partial charge in [0.05, 0.1) is 18.3 Å². The Bertz CT molecular complexity index is 826. The molecule has 1 unspecified atom stereocenters. The van der Waals surface area contributed by atoms with E-state index in [-0.39, 0.29) is 24.2 Å². The normalized spacial score (nSPS) is 27.4. The van der Waals surface area contributed by atoms with Gasteiger partial charge in [0.2, 0.25) is 5.91 Å². The minimum Gasteiger partial charge on any atom is -0.346 e. The van der Waals surface area contributed by atoms with E-state index < -0.39 is 5.66 Å². The number of amides is 1. The van der Waals surface area contributed by atoms with Crippen molar-refractivity contribution in [3.05, 3.63) is 47.4 Å². The summed E-state index contributed by atoms with van der Waals surface area (Å²) in [4.78, 5) is 32.3. The predicted molar refractivity (Wildman–Crippen MR) is 109 cm³/mol. The standard InChI is InChI=1S/C22H28N4O2/c1-3-18-21(28)24-17-14-23-22(2,13-19(27)15-9-5-4-6-10-15)25-20(17)26(18)16-11-7-8-12-16/h4-6,9-10,14,16,18,25H,3,7-8,11-13H2,1-2H3,(H,24,28)/t18?,22-/m0/s1. The van der Waals surface area contributed by atoms with Gasteiger partial charge in [0.1, 0.15) is 17.5 Å². The summed E-state index contributed by atoms with van der Waals surface area (Å²) < 4.78 is 0. The Hall–Kier alpha value is -2.63. The van der Waals surface area contributed by atoms with Crippen LogP contribution >= 0.6 is 0 Å². The molecule has 1 amide bonds. The van der Waals surface area contributed by atoms with Crippen molar-refractivity contribution in [3.63, 3.8) is 0 Å². The molecule has 0 aromatic heterocycles. The maximum absolute atomic E-state index is 12.8. The van der Waals surface area contributed by atoms with Gasteiger partial charge in [0.25, 0.3) is 0 Å². The first kappa shape index (κ1) is 18.7. The van der Waals surface area contributed by atoms with Gasteiger partial charge >= 0.3 is 0 Å². The van der Waals surface area contributed by atoms with Crippen LogP contribution in [0.15, 0.2) is 46.8 Å². The highest BCUT2D eigenvalue weighted by Crippen LogP contribution is 2.34. The molecule has 1 fully saturated rings. The number of aliphatic imine (C=N–C) groups is 1. The van der Waals surface area contributed by atoms with Gasteiger partial charge in [-0.05, 0) is 26.2 Å². The van der Waals surface area contributed by atoms with Gasteiger partial charge in [-0.2, -0.15) is 0 Å².